The van der Waals surface area contributed by atoms with Gasteiger partial charge in [-0.1, -0.05) is 30.3 Å². The normalized spacial score (nSPS) is 10.9. The average molecular weight is 300 g/mol. The van der Waals surface area contributed by atoms with Gasteiger partial charge in [-0.25, -0.2) is 0 Å². The molecule has 2 rings (SSSR count). The second-order valence-corrected chi connectivity index (χ2v) is 5.68. The zero-order chi connectivity index (χ0) is 15.8. The van der Waals surface area contributed by atoms with Gasteiger partial charge in [0.15, 0.2) is 0 Å². The second kappa shape index (κ2) is 8.34. The highest BCUT2D eigenvalue weighted by Gasteiger charge is 2.05. The Morgan fingerprint density at radius 1 is 1.27 bits per heavy atom. The molecule has 0 fully saturated rings. The van der Waals surface area contributed by atoms with Crippen LogP contribution in [0.25, 0.3) is 0 Å². The van der Waals surface area contributed by atoms with E-state index in [0.29, 0.717) is 6.42 Å². The molecule has 1 aromatic carbocycles. The van der Waals surface area contributed by atoms with Crippen molar-refractivity contribution in [1.29, 1.82) is 0 Å². The number of nitrogens with zero attached hydrogens (tertiary/aromatic N) is 3. The molecule has 0 saturated carbocycles. The van der Waals surface area contributed by atoms with Crippen LogP contribution in [-0.4, -0.2) is 41.2 Å². The fourth-order valence-electron chi connectivity index (χ4n) is 2.17. The number of anilines is 1. The number of nitrogens with one attached hydrogen (secondary N) is 1. The van der Waals surface area contributed by atoms with Gasteiger partial charge in [0.2, 0.25) is 5.91 Å². The van der Waals surface area contributed by atoms with Crippen LogP contribution >= 0.6 is 0 Å². The lowest BCUT2D eigenvalue weighted by Crippen LogP contribution is -2.18. The molecule has 1 aromatic heterocycles. The van der Waals surface area contributed by atoms with Crippen LogP contribution < -0.4 is 5.32 Å². The molecule has 1 N–H and O–H groups in total. The number of amides is 1. The van der Waals surface area contributed by atoms with Gasteiger partial charge in [0, 0.05) is 19.2 Å². The summed E-state index contributed by atoms with van der Waals surface area (Å²) in [5.74, 6) is 0.0445. The van der Waals surface area contributed by atoms with E-state index in [1.807, 2.05) is 43.2 Å². The van der Waals surface area contributed by atoms with Crippen LogP contribution in [0.1, 0.15) is 18.4 Å². The summed E-state index contributed by atoms with van der Waals surface area (Å²) >= 11 is 0. The molecule has 0 aliphatic rings. The molecule has 0 atom stereocenters. The molecule has 0 spiro atoms. The summed E-state index contributed by atoms with van der Waals surface area (Å²) in [7, 11) is 4.05. The summed E-state index contributed by atoms with van der Waals surface area (Å²) in [5.41, 5.74) is 2.04. The number of carbonyl (C=O) groups excluding carboxylic acids is 1. The second-order valence-electron chi connectivity index (χ2n) is 5.68. The van der Waals surface area contributed by atoms with Crippen LogP contribution in [0, 0.1) is 0 Å². The average Bonchev–Trinajstić information content (AvgIpc) is 2.94. The lowest BCUT2D eigenvalue weighted by Gasteiger charge is -2.08. The number of benzene rings is 1. The third-order valence-corrected chi connectivity index (χ3v) is 3.41. The van der Waals surface area contributed by atoms with E-state index in [0.717, 1.165) is 31.6 Å². The number of hydrogen-bond donors (Lipinski definition) is 1. The Labute approximate surface area is 131 Å². The first-order valence-corrected chi connectivity index (χ1v) is 7.64. The summed E-state index contributed by atoms with van der Waals surface area (Å²) in [6, 6.07) is 10.2. The molecule has 0 unspecified atom stereocenters. The first-order valence-electron chi connectivity index (χ1n) is 7.64. The van der Waals surface area contributed by atoms with Gasteiger partial charge in [-0.2, -0.15) is 5.10 Å². The van der Waals surface area contributed by atoms with Crippen molar-refractivity contribution in [2.45, 2.75) is 25.8 Å². The lowest BCUT2D eigenvalue weighted by molar-refractivity contribution is -0.116. The minimum absolute atomic E-state index is 0.0445. The van der Waals surface area contributed by atoms with Gasteiger partial charge >= 0.3 is 0 Å². The number of hydrogen-bond acceptors (Lipinski definition) is 3. The highest BCUT2D eigenvalue weighted by Crippen LogP contribution is 2.08. The molecule has 0 saturated heterocycles. The molecule has 5 nitrogen and oxygen atoms in total. The maximum absolute atomic E-state index is 11.9. The van der Waals surface area contributed by atoms with Crippen molar-refractivity contribution >= 4 is 11.6 Å². The van der Waals surface area contributed by atoms with Gasteiger partial charge in [0.05, 0.1) is 18.4 Å². The summed E-state index contributed by atoms with van der Waals surface area (Å²) < 4.78 is 1.85. The van der Waals surface area contributed by atoms with E-state index in [9.17, 15) is 4.79 Å². The van der Waals surface area contributed by atoms with Crippen LogP contribution in [0.4, 0.5) is 5.69 Å². The molecule has 0 radical (unpaired) electrons. The molecule has 0 bridgehead atoms. The predicted molar refractivity (Wildman–Crippen MR) is 88.8 cm³/mol. The molecule has 1 heterocycles. The Morgan fingerprint density at radius 3 is 2.77 bits per heavy atom. The minimum atomic E-state index is 0.0445. The van der Waals surface area contributed by atoms with Crippen LogP contribution in [0.15, 0.2) is 42.7 Å². The van der Waals surface area contributed by atoms with Crippen molar-refractivity contribution in [3.05, 3.63) is 48.3 Å². The monoisotopic (exact) mass is 300 g/mol. The van der Waals surface area contributed by atoms with Crippen LogP contribution in [0.2, 0.25) is 0 Å². The van der Waals surface area contributed by atoms with Crippen molar-refractivity contribution in [2.24, 2.45) is 0 Å². The Bertz CT molecular complexity index is 577. The lowest BCUT2D eigenvalue weighted by atomic mass is 10.1. The zero-order valence-electron chi connectivity index (χ0n) is 13.3. The molecule has 5 heteroatoms. The van der Waals surface area contributed by atoms with Crippen LogP contribution in [-0.2, 0) is 17.8 Å². The Kier molecular flexibility index (Phi) is 6.15. The first kappa shape index (κ1) is 16.2. The van der Waals surface area contributed by atoms with E-state index >= 15 is 0 Å². The van der Waals surface area contributed by atoms with E-state index < -0.39 is 0 Å². The molecule has 2 aromatic rings. The minimum Gasteiger partial charge on any atom is -0.323 e. The van der Waals surface area contributed by atoms with Crippen molar-refractivity contribution < 1.29 is 4.79 Å². The van der Waals surface area contributed by atoms with Crippen LogP contribution in [0.3, 0.4) is 0 Å². The quantitative estimate of drug-likeness (QED) is 0.814. The molecule has 1 amide bonds. The molecular formula is C17H24N4O. The van der Waals surface area contributed by atoms with Crippen molar-refractivity contribution in [3.8, 4) is 0 Å². The molecule has 0 aliphatic carbocycles. The van der Waals surface area contributed by atoms with E-state index in [-0.39, 0.29) is 5.91 Å². The Hall–Kier alpha value is -2.14. The van der Waals surface area contributed by atoms with Gasteiger partial charge in [0.25, 0.3) is 0 Å². The summed E-state index contributed by atoms with van der Waals surface area (Å²) in [6.45, 7) is 1.74. The van der Waals surface area contributed by atoms with Crippen molar-refractivity contribution in [1.82, 2.24) is 14.7 Å². The Morgan fingerprint density at radius 2 is 2.05 bits per heavy atom. The van der Waals surface area contributed by atoms with E-state index in [4.69, 9.17) is 0 Å². The maximum Gasteiger partial charge on any atom is 0.224 e. The van der Waals surface area contributed by atoms with E-state index in [1.54, 1.807) is 6.20 Å². The van der Waals surface area contributed by atoms with Crippen molar-refractivity contribution in [2.75, 3.05) is 26.0 Å². The third-order valence-electron chi connectivity index (χ3n) is 3.41. The van der Waals surface area contributed by atoms with Gasteiger partial charge in [0.1, 0.15) is 0 Å². The highest BCUT2D eigenvalue weighted by atomic mass is 16.1. The zero-order valence-corrected chi connectivity index (χ0v) is 13.3. The summed E-state index contributed by atoms with van der Waals surface area (Å²) in [4.78, 5) is 14.0. The molecule has 0 aliphatic heterocycles. The maximum atomic E-state index is 11.9. The van der Waals surface area contributed by atoms with Gasteiger partial charge < -0.3 is 10.2 Å². The Balaban J connectivity index is 1.70. The highest BCUT2D eigenvalue weighted by molar-refractivity contribution is 5.90. The largest absolute Gasteiger partial charge is 0.323 e. The first-order chi connectivity index (χ1) is 10.6. The van der Waals surface area contributed by atoms with Gasteiger partial charge in [-0.05, 0) is 32.5 Å². The smallest absolute Gasteiger partial charge is 0.224 e. The summed E-state index contributed by atoms with van der Waals surface area (Å²) in [5, 5.41) is 7.14. The molecular weight excluding hydrogens is 276 g/mol. The number of aromatic nitrogens is 2. The SMILES string of the molecule is CN(C)CCn1cc(NC(=O)CCCc2ccccc2)cn1. The number of likely N-dealkylation sites (N-methyl/N-ethyl adjacent to an activating group) is 1. The fraction of sp³-hybridized carbons (Fsp3) is 0.412. The fourth-order valence-corrected chi connectivity index (χ4v) is 2.17. The standard InChI is InChI=1S/C17H24N4O/c1-20(2)11-12-21-14-16(13-18-21)19-17(22)10-6-9-15-7-4-3-5-8-15/h3-5,7-8,13-14H,6,9-12H2,1-2H3,(H,19,22). The van der Waals surface area contributed by atoms with Gasteiger partial charge in [-0.15, -0.1) is 0 Å². The predicted octanol–water partition coefficient (Wildman–Crippen LogP) is 2.41. The molecule has 118 valence electrons. The molecule has 22 heavy (non-hydrogen) atoms. The number of rotatable bonds is 8. The number of aryl methyl sites for hydroxylation is 1. The van der Waals surface area contributed by atoms with Crippen molar-refractivity contribution in [3.63, 3.8) is 0 Å². The van der Waals surface area contributed by atoms with E-state index in [1.165, 1.54) is 5.56 Å². The van der Waals surface area contributed by atoms with Gasteiger partial charge in [-0.3, -0.25) is 9.48 Å². The third kappa shape index (κ3) is 5.69. The topological polar surface area (TPSA) is 50.2 Å². The van der Waals surface area contributed by atoms with Crippen LogP contribution in [0.5, 0.6) is 0 Å². The summed E-state index contributed by atoms with van der Waals surface area (Å²) in [6.07, 6.45) is 5.88. The van der Waals surface area contributed by atoms with E-state index in [2.05, 4.69) is 27.4 Å². The number of carbonyl (C=O) groups is 1.